The van der Waals surface area contributed by atoms with Crippen LogP contribution < -0.4 is 9.46 Å². The number of sulfonamides is 1. The third-order valence-electron chi connectivity index (χ3n) is 4.67. The molecule has 0 aliphatic carbocycles. The van der Waals surface area contributed by atoms with Gasteiger partial charge >= 0.3 is 0 Å². The number of para-hydroxylation sites is 1. The largest absolute Gasteiger partial charge is 0.490 e. The fraction of sp³-hybridized carbons (Fsp3) is 0.450. The molecule has 1 amide bonds. The van der Waals surface area contributed by atoms with Gasteiger partial charge in [0.1, 0.15) is 16.6 Å². The first-order chi connectivity index (χ1) is 14.0. The lowest BCUT2D eigenvalue weighted by molar-refractivity contribution is 0.0701. The molecule has 9 heteroatoms. The zero-order valence-electron chi connectivity index (χ0n) is 16.4. The molecule has 1 aromatic carbocycles. The van der Waals surface area contributed by atoms with Gasteiger partial charge in [-0.1, -0.05) is 18.2 Å². The number of benzene rings is 1. The number of carbonyl (C=O) groups excluding carboxylic acids is 1. The predicted molar refractivity (Wildman–Crippen MR) is 112 cm³/mol. The topological polar surface area (TPSA) is 84.9 Å². The van der Waals surface area contributed by atoms with Crippen molar-refractivity contribution in [3.05, 3.63) is 47.3 Å². The molecule has 7 nitrogen and oxygen atoms in total. The minimum Gasteiger partial charge on any atom is -0.490 e. The maximum Gasteiger partial charge on any atom is 0.257 e. The van der Waals surface area contributed by atoms with Gasteiger partial charge in [0.15, 0.2) is 0 Å². The number of hydrogen-bond acceptors (Lipinski definition) is 6. The monoisotopic (exact) mass is 438 g/mol. The second-order valence-corrected chi connectivity index (χ2v) is 9.55. The first-order valence-electron chi connectivity index (χ1n) is 9.66. The van der Waals surface area contributed by atoms with E-state index in [0.717, 1.165) is 0 Å². The van der Waals surface area contributed by atoms with Crippen LogP contribution in [0.25, 0.3) is 0 Å². The zero-order chi connectivity index (χ0) is 20.7. The van der Waals surface area contributed by atoms with Crippen molar-refractivity contribution < 1.29 is 22.7 Å². The minimum atomic E-state index is -3.50. The van der Waals surface area contributed by atoms with Gasteiger partial charge in [-0.15, -0.1) is 11.3 Å². The average molecular weight is 439 g/mol. The molecule has 29 heavy (non-hydrogen) atoms. The van der Waals surface area contributed by atoms with Crippen molar-refractivity contribution in [2.24, 2.45) is 0 Å². The van der Waals surface area contributed by atoms with E-state index in [4.69, 9.17) is 9.47 Å². The van der Waals surface area contributed by atoms with E-state index in [1.165, 1.54) is 11.3 Å². The van der Waals surface area contributed by atoms with Gasteiger partial charge < -0.3 is 14.4 Å². The summed E-state index contributed by atoms with van der Waals surface area (Å²) in [5.74, 6) is 0.439. The molecule has 1 fully saturated rings. The van der Waals surface area contributed by atoms with Gasteiger partial charge in [-0.25, -0.2) is 13.1 Å². The lowest BCUT2D eigenvalue weighted by Crippen LogP contribution is -2.46. The minimum absolute atomic E-state index is 0.100. The number of nitrogens with one attached hydrogen (secondary N) is 1. The fourth-order valence-electron chi connectivity index (χ4n) is 3.19. The SMILES string of the molecule is CCOCCOc1ccccc1C(=O)N1CCC(NS(=O)(=O)c2cccs2)CC1. The lowest BCUT2D eigenvalue weighted by atomic mass is 10.0. The van der Waals surface area contributed by atoms with Gasteiger partial charge in [0.25, 0.3) is 5.91 Å². The fourth-order valence-corrected chi connectivity index (χ4v) is 5.50. The molecule has 0 saturated carbocycles. The van der Waals surface area contributed by atoms with Crippen molar-refractivity contribution in [2.75, 3.05) is 32.9 Å². The lowest BCUT2D eigenvalue weighted by Gasteiger charge is -2.32. The van der Waals surface area contributed by atoms with Crippen LogP contribution in [-0.4, -0.2) is 58.2 Å². The number of thiophene rings is 1. The first kappa shape index (κ1) is 21.8. The molecule has 1 N–H and O–H groups in total. The number of likely N-dealkylation sites (tertiary alicyclic amines) is 1. The molecule has 0 radical (unpaired) electrons. The van der Waals surface area contributed by atoms with Crippen molar-refractivity contribution in [1.82, 2.24) is 9.62 Å². The molecule has 2 aromatic rings. The number of hydrogen-bond donors (Lipinski definition) is 1. The molecule has 3 rings (SSSR count). The molecule has 158 valence electrons. The third-order valence-corrected chi connectivity index (χ3v) is 7.59. The van der Waals surface area contributed by atoms with Crippen LogP contribution >= 0.6 is 11.3 Å². The number of carbonyl (C=O) groups is 1. The zero-order valence-corrected chi connectivity index (χ0v) is 18.0. The maximum absolute atomic E-state index is 13.0. The van der Waals surface area contributed by atoms with Crippen LogP contribution in [0.15, 0.2) is 46.0 Å². The second-order valence-electron chi connectivity index (χ2n) is 6.66. The summed E-state index contributed by atoms with van der Waals surface area (Å²) in [4.78, 5) is 14.7. The summed E-state index contributed by atoms with van der Waals surface area (Å²) in [5.41, 5.74) is 0.515. The van der Waals surface area contributed by atoms with E-state index < -0.39 is 10.0 Å². The van der Waals surface area contributed by atoms with E-state index in [9.17, 15) is 13.2 Å². The van der Waals surface area contributed by atoms with Crippen molar-refractivity contribution in [1.29, 1.82) is 0 Å². The molecule has 2 heterocycles. The van der Waals surface area contributed by atoms with Gasteiger partial charge in [0, 0.05) is 25.7 Å². The molecular weight excluding hydrogens is 412 g/mol. The van der Waals surface area contributed by atoms with Crippen molar-refractivity contribution in [3.63, 3.8) is 0 Å². The standard InChI is InChI=1S/C20H26N2O5S2/c1-2-26-13-14-27-18-7-4-3-6-17(18)20(23)22-11-9-16(10-12-22)21-29(24,25)19-8-5-15-28-19/h3-8,15-16,21H,2,9-14H2,1H3. The molecule has 0 atom stereocenters. The Morgan fingerprint density at radius 1 is 1.17 bits per heavy atom. The van der Waals surface area contributed by atoms with Crippen molar-refractivity contribution in [3.8, 4) is 5.75 Å². The van der Waals surface area contributed by atoms with E-state index in [0.29, 0.717) is 61.3 Å². The Kier molecular flexibility index (Phi) is 7.65. The van der Waals surface area contributed by atoms with Crippen LogP contribution in [0.2, 0.25) is 0 Å². The highest BCUT2D eigenvalue weighted by molar-refractivity contribution is 7.91. The van der Waals surface area contributed by atoms with Crippen LogP contribution in [0.3, 0.4) is 0 Å². The Bertz CT molecular complexity index is 891. The predicted octanol–water partition coefficient (Wildman–Crippen LogP) is 2.75. The van der Waals surface area contributed by atoms with Crippen molar-refractivity contribution in [2.45, 2.75) is 30.0 Å². The number of ether oxygens (including phenoxy) is 2. The molecule has 0 unspecified atom stereocenters. The van der Waals surface area contributed by atoms with Gasteiger partial charge in [-0.3, -0.25) is 4.79 Å². The number of amides is 1. The number of piperidine rings is 1. The van der Waals surface area contributed by atoms with Crippen LogP contribution in [0.4, 0.5) is 0 Å². The summed E-state index contributed by atoms with van der Waals surface area (Å²) in [6, 6.07) is 10.3. The van der Waals surface area contributed by atoms with Gasteiger partial charge in [-0.2, -0.15) is 0 Å². The van der Waals surface area contributed by atoms with Gasteiger partial charge in [0.05, 0.1) is 12.2 Å². The first-order valence-corrected chi connectivity index (χ1v) is 12.0. The molecule has 0 spiro atoms. The highest BCUT2D eigenvalue weighted by Crippen LogP contribution is 2.23. The van der Waals surface area contributed by atoms with Crippen molar-refractivity contribution >= 4 is 27.3 Å². The maximum atomic E-state index is 13.0. The highest BCUT2D eigenvalue weighted by atomic mass is 32.2. The summed E-state index contributed by atoms with van der Waals surface area (Å²) >= 11 is 1.19. The van der Waals surface area contributed by atoms with Crippen LogP contribution in [-0.2, 0) is 14.8 Å². The normalized spacial score (nSPS) is 15.4. The summed E-state index contributed by atoms with van der Waals surface area (Å²) in [6.45, 7) is 4.36. The Labute approximate surface area is 175 Å². The van der Waals surface area contributed by atoms with E-state index in [1.807, 2.05) is 19.1 Å². The second kappa shape index (κ2) is 10.2. The quantitative estimate of drug-likeness (QED) is 0.609. The Morgan fingerprint density at radius 2 is 1.93 bits per heavy atom. The number of nitrogens with zero attached hydrogens (tertiary/aromatic N) is 1. The van der Waals surface area contributed by atoms with Gasteiger partial charge in [-0.05, 0) is 43.3 Å². The molecule has 0 bridgehead atoms. The van der Waals surface area contributed by atoms with Crippen LogP contribution in [0.1, 0.15) is 30.1 Å². The van der Waals surface area contributed by atoms with Crippen LogP contribution in [0, 0.1) is 0 Å². The van der Waals surface area contributed by atoms with E-state index in [1.54, 1.807) is 34.5 Å². The van der Waals surface area contributed by atoms with E-state index in [2.05, 4.69) is 4.72 Å². The molecule has 1 saturated heterocycles. The highest BCUT2D eigenvalue weighted by Gasteiger charge is 2.28. The Morgan fingerprint density at radius 3 is 2.62 bits per heavy atom. The molecular formula is C20H26N2O5S2. The molecule has 1 aliphatic rings. The van der Waals surface area contributed by atoms with Crippen LogP contribution in [0.5, 0.6) is 5.75 Å². The summed E-state index contributed by atoms with van der Waals surface area (Å²) in [5, 5.41) is 1.74. The molecule has 1 aliphatic heterocycles. The summed E-state index contributed by atoms with van der Waals surface area (Å²) < 4.78 is 38.8. The van der Waals surface area contributed by atoms with E-state index in [-0.39, 0.29) is 11.9 Å². The average Bonchev–Trinajstić information content (AvgIpc) is 3.27. The van der Waals surface area contributed by atoms with E-state index >= 15 is 0 Å². The summed E-state index contributed by atoms with van der Waals surface area (Å²) in [6.07, 6.45) is 1.15. The smallest absolute Gasteiger partial charge is 0.257 e. The Hall–Kier alpha value is -1.94. The third kappa shape index (κ3) is 5.79. The molecule has 1 aromatic heterocycles. The Balaban J connectivity index is 1.56. The van der Waals surface area contributed by atoms with Gasteiger partial charge in [0.2, 0.25) is 10.0 Å². The number of rotatable bonds is 9. The summed E-state index contributed by atoms with van der Waals surface area (Å²) in [7, 11) is -3.50.